The standard InChI is InChI=1S/C24H24FN5O3/c1-4-17(20-14-29(3)28-27-20)23-19(24(32)33-5-2)13-26-30(23)16-9-6-8-15(12-16)18-10-7-11-21(31)22(18)25/h6-14,17,31H,4-5H2,1-3H3. The Hall–Kier alpha value is -4.01. The summed E-state index contributed by atoms with van der Waals surface area (Å²) in [6.45, 7) is 3.97. The molecule has 2 aromatic heterocycles. The van der Waals surface area contributed by atoms with Gasteiger partial charge in [-0.05, 0) is 37.1 Å². The number of carbonyl (C=O) groups is 1. The van der Waals surface area contributed by atoms with Gasteiger partial charge in [0.25, 0.3) is 0 Å². The van der Waals surface area contributed by atoms with Crippen molar-refractivity contribution in [3.05, 3.63) is 77.6 Å². The molecule has 170 valence electrons. The normalized spacial score (nSPS) is 12.0. The van der Waals surface area contributed by atoms with Crippen LogP contribution in [-0.4, -0.2) is 42.5 Å². The third-order valence-corrected chi connectivity index (χ3v) is 5.40. The van der Waals surface area contributed by atoms with Gasteiger partial charge in [0.1, 0.15) is 5.56 Å². The Morgan fingerprint density at radius 2 is 2.00 bits per heavy atom. The first kappa shape index (κ1) is 22.2. The van der Waals surface area contributed by atoms with Gasteiger partial charge in [0.15, 0.2) is 11.6 Å². The zero-order valence-electron chi connectivity index (χ0n) is 18.6. The van der Waals surface area contributed by atoms with Crippen LogP contribution >= 0.6 is 0 Å². The molecular formula is C24H24FN5O3. The maximum Gasteiger partial charge on any atom is 0.341 e. The van der Waals surface area contributed by atoms with E-state index in [-0.39, 0.29) is 18.1 Å². The van der Waals surface area contributed by atoms with Crippen LogP contribution in [0.4, 0.5) is 4.39 Å². The first-order valence-electron chi connectivity index (χ1n) is 10.6. The molecule has 0 aliphatic heterocycles. The molecule has 33 heavy (non-hydrogen) atoms. The summed E-state index contributed by atoms with van der Waals surface area (Å²) >= 11 is 0. The monoisotopic (exact) mass is 449 g/mol. The number of hydrogen-bond acceptors (Lipinski definition) is 6. The molecule has 1 atom stereocenters. The maximum absolute atomic E-state index is 14.6. The van der Waals surface area contributed by atoms with Crippen LogP contribution in [0.5, 0.6) is 5.75 Å². The number of phenols is 1. The lowest BCUT2D eigenvalue weighted by Crippen LogP contribution is -2.15. The van der Waals surface area contributed by atoms with Crippen LogP contribution in [0.3, 0.4) is 0 Å². The molecular weight excluding hydrogens is 425 g/mol. The number of halogens is 1. The van der Waals surface area contributed by atoms with E-state index in [0.29, 0.717) is 34.6 Å². The highest BCUT2D eigenvalue weighted by Gasteiger charge is 2.28. The van der Waals surface area contributed by atoms with Gasteiger partial charge in [0.2, 0.25) is 0 Å². The van der Waals surface area contributed by atoms with Crippen LogP contribution in [-0.2, 0) is 11.8 Å². The Kier molecular flexibility index (Phi) is 6.21. The van der Waals surface area contributed by atoms with Crippen LogP contribution in [0.15, 0.2) is 54.9 Å². The van der Waals surface area contributed by atoms with E-state index in [9.17, 15) is 14.3 Å². The largest absolute Gasteiger partial charge is 0.505 e. The van der Waals surface area contributed by atoms with Crippen LogP contribution in [0.1, 0.15) is 47.9 Å². The molecule has 0 spiro atoms. The molecule has 0 fully saturated rings. The van der Waals surface area contributed by atoms with E-state index in [1.165, 1.54) is 12.3 Å². The van der Waals surface area contributed by atoms with Crippen molar-refractivity contribution < 1.29 is 19.0 Å². The van der Waals surface area contributed by atoms with Gasteiger partial charge in [-0.3, -0.25) is 4.68 Å². The van der Waals surface area contributed by atoms with E-state index in [1.807, 2.05) is 13.0 Å². The fourth-order valence-corrected chi connectivity index (χ4v) is 3.88. The van der Waals surface area contributed by atoms with Gasteiger partial charge < -0.3 is 9.84 Å². The third-order valence-electron chi connectivity index (χ3n) is 5.40. The summed E-state index contributed by atoms with van der Waals surface area (Å²) in [5, 5.41) is 22.6. The second-order valence-corrected chi connectivity index (χ2v) is 7.54. The van der Waals surface area contributed by atoms with E-state index in [1.54, 1.807) is 59.9 Å². The second-order valence-electron chi connectivity index (χ2n) is 7.54. The number of nitrogens with zero attached hydrogens (tertiary/aromatic N) is 5. The molecule has 0 amide bonds. The molecule has 4 rings (SSSR count). The Bertz CT molecular complexity index is 1300. The number of esters is 1. The fourth-order valence-electron chi connectivity index (χ4n) is 3.88. The number of ether oxygens (including phenoxy) is 1. The number of aromatic nitrogens is 5. The van der Waals surface area contributed by atoms with Crippen LogP contribution in [0.25, 0.3) is 16.8 Å². The lowest BCUT2D eigenvalue weighted by molar-refractivity contribution is 0.0524. The number of phenolic OH excluding ortho intramolecular Hbond substituents is 1. The average Bonchev–Trinajstić information content (AvgIpc) is 3.44. The summed E-state index contributed by atoms with van der Waals surface area (Å²) in [5.74, 6) is -1.87. The predicted octanol–water partition coefficient (Wildman–Crippen LogP) is 4.23. The van der Waals surface area contributed by atoms with E-state index < -0.39 is 17.5 Å². The summed E-state index contributed by atoms with van der Waals surface area (Å²) in [7, 11) is 1.78. The van der Waals surface area contributed by atoms with Gasteiger partial charge in [0.05, 0.1) is 29.9 Å². The molecule has 0 aliphatic carbocycles. The summed E-state index contributed by atoms with van der Waals surface area (Å²) < 4.78 is 23.1. The van der Waals surface area contributed by atoms with Crippen molar-refractivity contribution in [2.24, 2.45) is 7.05 Å². The highest BCUT2D eigenvalue weighted by molar-refractivity contribution is 5.91. The minimum absolute atomic E-state index is 0.234. The van der Waals surface area contributed by atoms with Crippen molar-refractivity contribution >= 4 is 5.97 Å². The van der Waals surface area contributed by atoms with E-state index >= 15 is 0 Å². The Balaban J connectivity index is 1.88. The number of hydrogen-bond donors (Lipinski definition) is 1. The van der Waals surface area contributed by atoms with Crippen LogP contribution in [0, 0.1) is 5.82 Å². The zero-order valence-corrected chi connectivity index (χ0v) is 18.6. The minimum atomic E-state index is -0.700. The van der Waals surface area contributed by atoms with Crippen molar-refractivity contribution in [2.75, 3.05) is 6.61 Å². The van der Waals surface area contributed by atoms with Crippen LogP contribution in [0.2, 0.25) is 0 Å². The molecule has 4 aromatic rings. The minimum Gasteiger partial charge on any atom is -0.505 e. The van der Waals surface area contributed by atoms with E-state index in [2.05, 4.69) is 15.4 Å². The molecule has 1 unspecified atom stereocenters. The molecule has 0 aliphatic rings. The topological polar surface area (TPSA) is 95.1 Å². The summed E-state index contributed by atoms with van der Waals surface area (Å²) in [6, 6.07) is 11.6. The molecule has 2 heterocycles. The summed E-state index contributed by atoms with van der Waals surface area (Å²) in [4.78, 5) is 12.7. The Morgan fingerprint density at radius 1 is 1.21 bits per heavy atom. The maximum atomic E-state index is 14.6. The van der Waals surface area contributed by atoms with Crippen molar-refractivity contribution in [3.63, 3.8) is 0 Å². The van der Waals surface area contributed by atoms with Crippen molar-refractivity contribution in [3.8, 4) is 22.6 Å². The number of carbonyl (C=O) groups excluding carboxylic acids is 1. The number of aryl methyl sites for hydroxylation is 1. The van der Waals surface area contributed by atoms with Crippen molar-refractivity contribution in [2.45, 2.75) is 26.2 Å². The molecule has 0 saturated heterocycles. The lowest BCUT2D eigenvalue weighted by Gasteiger charge is -2.17. The van der Waals surface area contributed by atoms with Gasteiger partial charge in [-0.25, -0.2) is 13.9 Å². The quantitative estimate of drug-likeness (QED) is 0.424. The number of aromatic hydroxyl groups is 1. The number of rotatable bonds is 7. The Morgan fingerprint density at radius 3 is 2.70 bits per heavy atom. The van der Waals surface area contributed by atoms with Gasteiger partial charge in [0, 0.05) is 24.7 Å². The average molecular weight is 449 g/mol. The smallest absolute Gasteiger partial charge is 0.341 e. The first-order valence-corrected chi connectivity index (χ1v) is 10.6. The lowest BCUT2D eigenvalue weighted by atomic mass is 9.95. The predicted molar refractivity (Wildman–Crippen MR) is 120 cm³/mol. The molecule has 9 heteroatoms. The second kappa shape index (κ2) is 9.23. The Labute approximate surface area is 190 Å². The van der Waals surface area contributed by atoms with Crippen LogP contribution < -0.4 is 0 Å². The molecule has 2 aromatic carbocycles. The summed E-state index contributed by atoms with van der Waals surface area (Å²) in [5.41, 5.74) is 3.10. The molecule has 0 saturated carbocycles. The number of benzene rings is 2. The van der Waals surface area contributed by atoms with Crippen molar-refractivity contribution in [1.29, 1.82) is 0 Å². The SMILES string of the molecule is CCOC(=O)c1cnn(-c2cccc(-c3cccc(O)c3F)c2)c1C(CC)c1cn(C)nn1. The summed E-state index contributed by atoms with van der Waals surface area (Å²) in [6.07, 6.45) is 3.92. The van der Waals surface area contributed by atoms with E-state index in [0.717, 1.165) is 0 Å². The molecule has 1 N–H and O–H groups in total. The third kappa shape index (κ3) is 4.21. The molecule has 8 nitrogen and oxygen atoms in total. The van der Waals surface area contributed by atoms with Crippen molar-refractivity contribution in [1.82, 2.24) is 24.8 Å². The fraction of sp³-hybridized carbons (Fsp3) is 0.250. The highest BCUT2D eigenvalue weighted by atomic mass is 19.1. The van der Waals surface area contributed by atoms with Gasteiger partial charge in [-0.1, -0.05) is 36.4 Å². The zero-order chi connectivity index (χ0) is 23.5. The van der Waals surface area contributed by atoms with Gasteiger partial charge in [-0.2, -0.15) is 5.10 Å². The first-order chi connectivity index (χ1) is 15.9. The van der Waals surface area contributed by atoms with Gasteiger partial charge >= 0.3 is 5.97 Å². The molecule has 0 bridgehead atoms. The highest BCUT2D eigenvalue weighted by Crippen LogP contribution is 2.33. The van der Waals surface area contributed by atoms with E-state index in [4.69, 9.17) is 4.74 Å². The van der Waals surface area contributed by atoms with Gasteiger partial charge in [-0.15, -0.1) is 5.10 Å². The molecule has 0 radical (unpaired) electrons.